The van der Waals surface area contributed by atoms with Gasteiger partial charge in [0, 0.05) is 6.42 Å². The Balaban J connectivity index is 1.80. The number of hydrogen-bond acceptors (Lipinski definition) is 3. The molecule has 0 aromatic heterocycles. The van der Waals surface area contributed by atoms with Crippen LogP contribution < -0.4 is 0 Å². The predicted octanol–water partition coefficient (Wildman–Crippen LogP) is 3.13. The molecule has 2 aliphatic rings. The molecule has 0 amide bonds. The van der Waals surface area contributed by atoms with Crippen LogP contribution in [0.4, 0.5) is 0 Å². The first-order valence-electron chi connectivity index (χ1n) is 6.41. The van der Waals surface area contributed by atoms with Crippen LogP contribution in [-0.4, -0.2) is 17.9 Å². The average molecular weight is 248 g/mol. The van der Waals surface area contributed by atoms with Crippen molar-refractivity contribution < 1.29 is 14.3 Å². The summed E-state index contributed by atoms with van der Waals surface area (Å²) in [6.45, 7) is 6.35. The zero-order valence-corrected chi connectivity index (χ0v) is 11.2. The first kappa shape index (κ1) is 13.1. The van der Waals surface area contributed by atoms with Crippen molar-refractivity contribution in [2.24, 2.45) is 5.92 Å². The van der Waals surface area contributed by atoms with Gasteiger partial charge in [-0.15, -0.1) is 0 Å². The zero-order valence-electron chi connectivity index (χ0n) is 11.2. The van der Waals surface area contributed by atoms with Crippen LogP contribution in [0, 0.1) is 5.92 Å². The van der Waals surface area contributed by atoms with Gasteiger partial charge in [-0.2, -0.15) is 0 Å². The number of esters is 1. The van der Waals surface area contributed by atoms with Gasteiger partial charge in [-0.1, -0.05) is 49.8 Å². The quantitative estimate of drug-likeness (QED) is 0.426. The smallest absolute Gasteiger partial charge is 0.311 e. The number of carbonyl (C=O) groups excluding carboxylic acids is 1. The number of fused-ring (bicyclic) bond motifs is 1. The summed E-state index contributed by atoms with van der Waals surface area (Å²) in [5, 5.41) is 0. The summed E-state index contributed by atoms with van der Waals surface area (Å²) < 4.78 is 10.3. The standard InChI is InChI=1S/C15H20O3/c1-11(2)6-4-7-12(3)8-5-9-15-10-13(16)17-14(15)18-15/h4-8,11,14H,9-10H2,1-3H3/b6-4+,8-5+,12-7+/t14-,15-/m1/s1. The summed E-state index contributed by atoms with van der Waals surface area (Å²) in [7, 11) is 0. The van der Waals surface area contributed by atoms with E-state index < -0.39 is 0 Å². The third kappa shape index (κ3) is 3.10. The van der Waals surface area contributed by atoms with E-state index in [-0.39, 0.29) is 17.9 Å². The van der Waals surface area contributed by atoms with Crippen molar-refractivity contribution in [3.05, 3.63) is 36.0 Å². The Morgan fingerprint density at radius 1 is 1.56 bits per heavy atom. The summed E-state index contributed by atoms with van der Waals surface area (Å²) in [5.74, 6) is 0.422. The summed E-state index contributed by atoms with van der Waals surface area (Å²) in [6, 6.07) is 0. The van der Waals surface area contributed by atoms with Crippen LogP contribution in [0.5, 0.6) is 0 Å². The Labute approximate surface area is 108 Å². The first-order valence-corrected chi connectivity index (χ1v) is 6.41. The van der Waals surface area contributed by atoms with E-state index in [0.717, 1.165) is 6.42 Å². The van der Waals surface area contributed by atoms with E-state index in [0.29, 0.717) is 12.3 Å². The van der Waals surface area contributed by atoms with E-state index in [1.165, 1.54) is 5.57 Å². The maximum Gasteiger partial charge on any atom is 0.311 e. The Hall–Kier alpha value is -1.35. The fraction of sp³-hybridized carbons (Fsp3) is 0.533. The SMILES string of the molecule is CC(/C=C/C[C@@]12CC(=O)O[C@@H]1O2)=C\C=C\C(C)C. The number of rotatable bonds is 5. The van der Waals surface area contributed by atoms with Crippen molar-refractivity contribution in [1.82, 2.24) is 0 Å². The van der Waals surface area contributed by atoms with E-state index in [2.05, 4.69) is 51.2 Å². The van der Waals surface area contributed by atoms with Gasteiger partial charge in [0.1, 0.15) is 5.60 Å². The van der Waals surface area contributed by atoms with Gasteiger partial charge in [-0.3, -0.25) is 4.79 Å². The molecule has 0 saturated carbocycles. The number of epoxide rings is 1. The van der Waals surface area contributed by atoms with Crippen LogP contribution in [0.3, 0.4) is 0 Å². The summed E-state index contributed by atoms with van der Waals surface area (Å²) in [5.41, 5.74) is 0.840. The lowest BCUT2D eigenvalue weighted by molar-refractivity contribution is -0.147. The van der Waals surface area contributed by atoms with E-state index in [9.17, 15) is 4.79 Å². The fourth-order valence-corrected chi connectivity index (χ4v) is 1.99. The second-order valence-electron chi connectivity index (χ2n) is 5.33. The molecule has 3 heteroatoms. The molecule has 3 nitrogen and oxygen atoms in total. The minimum Gasteiger partial charge on any atom is -0.432 e. The summed E-state index contributed by atoms with van der Waals surface area (Å²) >= 11 is 0. The highest BCUT2D eigenvalue weighted by Gasteiger charge is 2.65. The largest absolute Gasteiger partial charge is 0.432 e. The molecule has 0 unspecified atom stereocenters. The maximum absolute atomic E-state index is 11.0. The second kappa shape index (κ2) is 5.11. The van der Waals surface area contributed by atoms with Crippen LogP contribution in [0.25, 0.3) is 0 Å². The highest BCUT2D eigenvalue weighted by atomic mass is 16.8. The molecule has 2 fully saturated rings. The molecule has 0 aromatic carbocycles. The van der Waals surface area contributed by atoms with Gasteiger partial charge in [0.05, 0.1) is 6.42 Å². The van der Waals surface area contributed by atoms with Crippen LogP contribution in [0.2, 0.25) is 0 Å². The third-order valence-corrected chi connectivity index (χ3v) is 3.10. The molecule has 2 atom stereocenters. The van der Waals surface area contributed by atoms with Crippen LogP contribution in [0.1, 0.15) is 33.6 Å². The predicted molar refractivity (Wildman–Crippen MR) is 69.8 cm³/mol. The third-order valence-electron chi connectivity index (χ3n) is 3.10. The number of carbonyl (C=O) groups is 1. The number of ether oxygens (including phenoxy) is 2. The summed E-state index contributed by atoms with van der Waals surface area (Å²) in [6.07, 6.45) is 11.2. The minimum absolute atomic E-state index is 0.146. The van der Waals surface area contributed by atoms with Gasteiger partial charge >= 0.3 is 5.97 Å². The van der Waals surface area contributed by atoms with Crippen LogP contribution in [0.15, 0.2) is 36.0 Å². The Kier molecular flexibility index (Phi) is 3.71. The molecule has 0 N–H and O–H groups in total. The highest BCUT2D eigenvalue weighted by molar-refractivity contribution is 5.75. The molecule has 0 spiro atoms. The normalized spacial score (nSPS) is 31.4. The average Bonchev–Trinajstić information content (AvgIpc) is 2.80. The van der Waals surface area contributed by atoms with Gasteiger partial charge in [0.25, 0.3) is 0 Å². The molecule has 2 aliphatic heterocycles. The lowest BCUT2D eigenvalue weighted by Crippen LogP contribution is -2.09. The fourth-order valence-electron chi connectivity index (χ4n) is 1.99. The molecule has 2 saturated heterocycles. The molecular weight excluding hydrogens is 228 g/mol. The minimum atomic E-state index is -0.346. The van der Waals surface area contributed by atoms with Crippen molar-refractivity contribution in [1.29, 1.82) is 0 Å². The number of hydrogen-bond donors (Lipinski definition) is 0. The van der Waals surface area contributed by atoms with Crippen molar-refractivity contribution in [2.45, 2.75) is 45.5 Å². The molecule has 2 rings (SSSR count). The van der Waals surface area contributed by atoms with Crippen molar-refractivity contribution in [2.75, 3.05) is 0 Å². The van der Waals surface area contributed by atoms with Crippen LogP contribution >= 0.6 is 0 Å². The highest BCUT2D eigenvalue weighted by Crippen LogP contribution is 2.49. The van der Waals surface area contributed by atoms with Crippen molar-refractivity contribution >= 4 is 5.97 Å². The summed E-state index contributed by atoms with van der Waals surface area (Å²) in [4.78, 5) is 11.0. The van der Waals surface area contributed by atoms with Crippen molar-refractivity contribution in [3.8, 4) is 0 Å². The molecule has 98 valence electrons. The maximum atomic E-state index is 11.0. The monoisotopic (exact) mass is 248 g/mol. The van der Waals surface area contributed by atoms with Gasteiger partial charge in [-0.05, 0) is 12.8 Å². The van der Waals surface area contributed by atoms with Gasteiger partial charge in [0.15, 0.2) is 0 Å². The zero-order chi connectivity index (χ0) is 13.2. The Morgan fingerprint density at radius 3 is 2.94 bits per heavy atom. The molecule has 0 radical (unpaired) electrons. The molecule has 18 heavy (non-hydrogen) atoms. The Morgan fingerprint density at radius 2 is 2.33 bits per heavy atom. The van der Waals surface area contributed by atoms with Gasteiger partial charge in [0.2, 0.25) is 6.29 Å². The van der Waals surface area contributed by atoms with Crippen molar-refractivity contribution in [3.63, 3.8) is 0 Å². The molecule has 2 heterocycles. The van der Waals surface area contributed by atoms with Gasteiger partial charge < -0.3 is 9.47 Å². The molecule has 0 aromatic rings. The van der Waals surface area contributed by atoms with E-state index in [1.807, 2.05) is 0 Å². The van der Waals surface area contributed by atoms with E-state index >= 15 is 0 Å². The number of allylic oxidation sites excluding steroid dienone is 5. The van der Waals surface area contributed by atoms with E-state index in [4.69, 9.17) is 9.47 Å². The molecule has 0 bridgehead atoms. The molecular formula is C15H20O3. The second-order valence-corrected chi connectivity index (χ2v) is 5.33. The van der Waals surface area contributed by atoms with Gasteiger partial charge in [-0.25, -0.2) is 0 Å². The Bertz CT molecular complexity index is 417. The lowest BCUT2D eigenvalue weighted by Gasteiger charge is -1.99. The topological polar surface area (TPSA) is 38.8 Å². The molecule has 0 aliphatic carbocycles. The van der Waals surface area contributed by atoms with E-state index in [1.54, 1.807) is 0 Å². The lowest BCUT2D eigenvalue weighted by atomic mass is 10.0. The van der Waals surface area contributed by atoms with Crippen LogP contribution in [-0.2, 0) is 14.3 Å². The first-order chi connectivity index (χ1) is 8.52.